The van der Waals surface area contributed by atoms with Gasteiger partial charge in [-0.05, 0) is 41.5 Å². The van der Waals surface area contributed by atoms with E-state index >= 15 is 0 Å². The highest BCUT2D eigenvalue weighted by Gasteiger charge is 2.33. The van der Waals surface area contributed by atoms with Gasteiger partial charge in [0, 0.05) is 26.3 Å². The van der Waals surface area contributed by atoms with E-state index in [9.17, 15) is 8.42 Å². The average molecular weight is 401 g/mol. The van der Waals surface area contributed by atoms with Crippen molar-refractivity contribution >= 4 is 20.8 Å². The van der Waals surface area contributed by atoms with Crippen LogP contribution in [0.1, 0.15) is 17.5 Å². The second-order valence-electron chi connectivity index (χ2n) is 6.93. The van der Waals surface area contributed by atoms with E-state index in [1.807, 2.05) is 36.4 Å². The highest BCUT2D eigenvalue weighted by molar-refractivity contribution is 7.89. The third-order valence-electron chi connectivity index (χ3n) is 5.16. The number of fused-ring (bicyclic) bond motifs is 1. The highest BCUT2D eigenvalue weighted by Crippen LogP contribution is 2.29. The molecule has 1 saturated heterocycles. The lowest BCUT2D eigenvalue weighted by Crippen LogP contribution is -2.42. The number of hydrogen-bond acceptors (Lipinski definition) is 5. The van der Waals surface area contributed by atoms with E-state index in [0.29, 0.717) is 19.0 Å². The number of benzene rings is 2. The van der Waals surface area contributed by atoms with Crippen molar-refractivity contribution in [2.75, 3.05) is 26.8 Å². The van der Waals surface area contributed by atoms with Gasteiger partial charge in [-0.3, -0.25) is 0 Å². The van der Waals surface area contributed by atoms with Crippen molar-refractivity contribution in [3.8, 4) is 5.75 Å². The molecule has 1 aliphatic heterocycles. The molecule has 1 atom stereocenters. The van der Waals surface area contributed by atoms with Crippen LogP contribution in [0.4, 0.5) is 0 Å². The summed E-state index contributed by atoms with van der Waals surface area (Å²) in [5, 5.41) is 2.20. The quantitative estimate of drug-likeness (QED) is 0.672. The molecule has 0 spiro atoms. The van der Waals surface area contributed by atoms with Crippen molar-refractivity contribution in [1.29, 1.82) is 0 Å². The standard InChI is InChI=1S/C20H23N3O4S/c1-14-21-20(13-22(14)2)28(24,25)23-8-9-27-19(12-23)17-5-4-16-11-18(26-3)7-6-15(16)10-17/h4-7,10-11,13,19H,8-9,12H2,1-3H3. The number of imidazole rings is 1. The van der Waals surface area contributed by atoms with Gasteiger partial charge < -0.3 is 14.0 Å². The fourth-order valence-electron chi connectivity index (χ4n) is 3.40. The van der Waals surface area contributed by atoms with Gasteiger partial charge in [-0.1, -0.05) is 18.2 Å². The summed E-state index contributed by atoms with van der Waals surface area (Å²) in [4.78, 5) is 4.19. The van der Waals surface area contributed by atoms with Gasteiger partial charge in [0.25, 0.3) is 10.0 Å². The van der Waals surface area contributed by atoms with Gasteiger partial charge in [0.15, 0.2) is 5.03 Å². The fraction of sp³-hybridized carbons (Fsp3) is 0.350. The zero-order valence-corrected chi connectivity index (χ0v) is 16.9. The third-order valence-corrected chi connectivity index (χ3v) is 6.90. The Morgan fingerprint density at radius 2 is 1.93 bits per heavy atom. The van der Waals surface area contributed by atoms with Crippen molar-refractivity contribution in [2.45, 2.75) is 18.1 Å². The maximum Gasteiger partial charge on any atom is 0.262 e. The van der Waals surface area contributed by atoms with E-state index in [1.54, 1.807) is 31.8 Å². The number of ether oxygens (including phenoxy) is 2. The SMILES string of the molecule is COc1ccc2cc(C3CN(S(=O)(=O)c4cn(C)c(C)n4)CCO3)ccc2c1. The first kappa shape index (κ1) is 18.9. The van der Waals surface area contributed by atoms with Crippen LogP contribution in [0.2, 0.25) is 0 Å². The molecule has 0 amide bonds. The van der Waals surface area contributed by atoms with E-state index in [4.69, 9.17) is 9.47 Å². The number of morpholine rings is 1. The summed E-state index contributed by atoms with van der Waals surface area (Å²) in [5.74, 6) is 1.46. The normalized spacial score (nSPS) is 18.5. The molecule has 0 saturated carbocycles. The maximum absolute atomic E-state index is 13.0. The minimum absolute atomic E-state index is 0.0822. The first-order valence-electron chi connectivity index (χ1n) is 9.08. The van der Waals surface area contributed by atoms with Crippen molar-refractivity contribution in [2.24, 2.45) is 7.05 Å². The van der Waals surface area contributed by atoms with Crippen molar-refractivity contribution in [1.82, 2.24) is 13.9 Å². The molecule has 7 nitrogen and oxygen atoms in total. The molecule has 0 aliphatic carbocycles. The second-order valence-corrected chi connectivity index (χ2v) is 8.82. The summed E-state index contributed by atoms with van der Waals surface area (Å²) in [6.07, 6.45) is 1.23. The highest BCUT2D eigenvalue weighted by atomic mass is 32.2. The second kappa shape index (κ2) is 7.20. The Labute approximate surface area is 164 Å². The van der Waals surface area contributed by atoms with Crippen LogP contribution in [0.25, 0.3) is 10.8 Å². The van der Waals surface area contributed by atoms with Crippen molar-refractivity contribution in [3.63, 3.8) is 0 Å². The van der Waals surface area contributed by atoms with E-state index in [0.717, 1.165) is 22.1 Å². The Bertz CT molecular complexity index is 1100. The van der Waals surface area contributed by atoms with Gasteiger partial charge in [-0.15, -0.1) is 0 Å². The molecule has 1 unspecified atom stereocenters. The Morgan fingerprint density at radius 1 is 1.18 bits per heavy atom. The largest absolute Gasteiger partial charge is 0.497 e. The van der Waals surface area contributed by atoms with Crippen LogP contribution in [0, 0.1) is 6.92 Å². The average Bonchev–Trinajstić information content (AvgIpc) is 3.06. The van der Waals surface area contributed by atoms with Gasteiger partial charge in [0.1, 0.15) is 11.6 Å². The van der Waals surface area contributed by atoms with Gasteiger partial charge in [-0.2, -0.15) is 4.31 Å². The first-order valence-corrected chi connectivity index (χ1v) is 10.5. The summed E-state index contributed by atoms with van der Waals surface area (Å²) in [5.41, 5.74) is 0.953. The predicted molar refractivity (Wildman–Crippen MR) is 106 cm³/mol. The predicted octanol–water partition coefficient (Wildman–Crippen LogP) is 2.65. The zero-order chi connectivity index (χ0) is 19.9. The minimum Gasteiger partial charge on any atom is -0.497 e. The van der Waals surface area contributed by atoms with Crippen molar-refractivity contribution in [3.05, 3.63) is 54.0 Å². The Balaban J connectivity index is 1.60. The van der Waals surface area contributed by atoms with Crippen LogP contribution in [0.15, 0.2) is 47.6 Å². The first-order chi connectivity index (χ1) is 13.4. The van der Waals surface area contributed by atoms with Crippen LogP contribution in [-0.4, -0.2) is 49.1 Å². The lowest BCUT2D eigenvalue weighted by atomic mass is 10.0. The molecule has 0 N–H and O–H groups in total. The van der Waals surface area contributed by atoms with Gasteiger partial charge in [-0.25, -0.2) is 13.4 Å². The fourth-order valence-corrected chi connectivity index (χ4v) is 4.85. The molecular weight excluding hydrogens is 378 g/mol. The number of nitrogens with zero attached hydrogens (tertiary/aromatic N) is 3. The number of sulfonamides is 1. The maximum atomic E-state index is 13.0. The molecule has 1 aromatic heterocycles. The van der Waals surface area contributed by atoms with E-state index in [1.165, 1.54) is 4.31 Å². The topological polar surface area (TPSA) is 73.7 Å². The molecule has 4 rings (SSSR count). The number of aromatic nitrogens is 2. The van der Waals surface area contributed by atoms with Crippen LogP contribution in [-0.2, 0) is 21.8 Å². The van der Waals surface area contributed by atoms with E-state index < -0.39 is 10.0 Å². The van der Waals surface area contributed by atoms with Crippen LogP contribution >= 0.6 is 0 Å². The molecule has 1 aliphatic rings. The van der Waals surface area contributed by atoms with E-state index in [-0.39, 0.29) is 17.7 Å². The molecule has 2 heterocycles. The smallest absolute Gasteiger partial charge is 0.262 e. The molecule has 0 bridgehead atoms. The van der Waals surface area contributed by atoms with E-state index in [2.05, 4.69) is 4.98 Å². The Hall–Kier alpha value is -2.42. The number of hydrogen-bond donors (Lipinski definition) is 0. The van der Waals surface area contributed by atoms with Crippen molar-refractivity contribution < 1.29 is 17.9 Å². The van der Waals surface area contributed by atoms with Crippen LogP contribution < -0.4 is 4.74 Å². The lowest BCUT2D eigenvalue weighted by Gasteiger charge is -2.32. The molecule has 28 heavy (non-hydrogen) atoms. The van der Waals surface area contributed by atoms with Gasteiger partial charge in [0.2, 0.25) is 0 Å². The van der Waals surface area contributed by atoms with Crippen LogP contribution in [0.5, 0.6) is 5.75 Å². The molecule has 3 aromatic rings. The summed E-state index contributed by atoms with van der Waals surface area (Å²) in [6.45, 7) is 2.71. The van der Waals surface area contributed by atoms with Gasteiger partial charge >= 0.3 is 0 Å². The molecular formula is C20H23N3O4S. The number of methoxy groups -OCH3 is 1. The molecule has 148 valence electrons. The Morgan fingerprint density at radius 3 is 2.64 bits per heavy atom. The minimum atomic E-state index is -3.65. The zero-order valence-electron chi connectivity index (χ0n) is 16.1. The monoisotopic (exact) mass is 401 g/mol. The summed E-state index contributed by atoms with van der Waals surface area (Å²) < 4.78 is 40.3. The summed E-state index contributed by atoms with van der Waals surface area (Å²) in [6, 6.07) is 11.9. The Kier molecular flexibility index (Phi) is 4.86. The molecule has 2 aromatic carbocycles. The lowest BCUT2D eigenvalue weighted by molar-refractivity contribution is -0.00254. The number of aryl methyl sites for hydroxylation is 2. The molecule has 8 heteroatoms. The summed E-state index contributed by atoms with van der Waals surface area (Å²) >= 11 is 0. The number of rotatable bonds is 4. The molecule has 0 radical (unpaired) electrons. The molecule has 1 fully saturated rings. The van der Waals surface area contributed by atoms with Crippen LogP contribution in [0.3, 0.4) is 0 Å². The van der Waals surface area contributed by atoms with Gasteiger partial charge in [0.05, 0.1) is 19.8 Å². The third kappa shape index (κ3) is 3.39. The summed E-state index contributed by atoms with van der Waals surface area (Å²) in [7, 11) is -0.224.